The van der Waals surface area contributed by atoms with Gasteiger partial charge in [-0.05, 0) is 49.0 Å². The summed E-state index contributed by atoms with van der Waals surface area (Å²) in [4.78, 5) is 24.4. The van der Waals surface area contributed by atoms with Gasteiger partial charge in [0.15, 0.2) is 5.11 Å². The first-order valence-electron chi connectivity index (χ1n) is 9.15. The number of benzene rings is 2. The van der Waals surface area contributed by atoms with Crippen molar-refractivity contribution in [3.63, 3.8) is 0 Å². The largest absolute Gasteiger partial charge is 0.493 e. The van der Waals surface area contributed by atoms with Crippen LogP contribution in [-0.4, -0.2) is 23.5 Å². The van der Waals surface area contributed by atoms with Gasteiger partial charge in [0.05, 0.1) is 12.2 Å². The molecule has 148 valence electrons. The molecule has 0 unspecified atom stereocenters. The van der Waals surface area contributed by atoms with E-state index >= 15 is 0 Å². The topological polar surface area (TPSA) is 79.5 Å². The van der Waals surface area contributed by atoms with E-state index in [1.165, 1.54) is 0 Å². The van der Waals surface area contributed by atoms with E-state index in [0.29, 0.717) is 29.3 Å². The molecule has 2 aromatic carbocycles. The lowest BCUT2D eigenvalue weighted by Gasteiger charge is -2.13. The van der Waals surface area contributed by atoms with E-state index in [-0.39, 0.29) is 22.8 Å². The Labute approximate surface area is 170 Å². The fourth-order valence-corrected chi connectivity index (χ4v) is 2.50. The first-order valence-corrected chi connectivity index (χ1v) is 9.56. The summed E-state index contributed by atoms with van der Waals surface area (Å²) in [6.07, 6.45) is 0.847. The number of carbonyl (C=O) groups excluding carboxylic acids is 2. The first-order chi connectivity index (χ1) is 13.4. The molecule has 0 aliphatic carbocycles. The molecule has 0 fully saturated rings. The van der Waals surface area contributed by atoms with Crippen molar-refractivity contribution in [1.82, 2.24) is 5.32 Å². The van der Waals surface area contributed by atoms with Crippen LogP contribution in [0.2, 0.25) is 0 Å². The van der Waals surface area contributed by atoms with Gasteiger partial charge in [-0.1, -0.05) is 39.0 Å². The van der Waals surface area contributed by atoms with Gasteiger partial charge in [-0.25, -0.2) is 0 Å². The molecule has 0 aliphatic rings. The Hall–Kier alpha value is -2.93. The number of para-hydroxylation sites is 1. The molecular formula is C21H25N3O3S. The molecule has 0 aromatic heterocycles. The maximum atomic E-state index is 12.5. The molecule has 2 amide bonds. The third kappa shape index (κ3) is 6.35. The molecular weight excluding hydrogens is 374 g/mol. The lowest BCUT2D eigenvalue weighted by atomic mass is 10.2. The highest BCUT2D eigenvalue weighted by Gasteiger charge is 2.14. The number of hydrogen-bond acceptors (Lipinski definition) is 4. The molecule has 0 radical (unpaired) electrons. The van der Waals surface area contributed by atoms with Crippen molar-refractivity contribution in [2.24, 2.45) is 5.92 Å². The molecule has 6 nitrogen and oxygen atoms in total. The van der Waals surface area contributed by atoms with Gasteiger partial charge in [-0.2, -0.15) is 0 Å². The van der Waals surface area contributed by atoms with Crippen LogP contribution < -0.4 is 20.7 Å². The van der Waals surface area contributed by atoms with Crippen LogP contribution in [0.4, 0.5) is 11.4 Å². The predicted molar refractivity (Wildman–Crippen MR) is 116 cm³/mol. The summed E-state index contributed by atoms with van der Waals surface area (Å²) in [6.45, 7) is 6.18. The van der Waals surface area contributed by atoms with E-state index in [9.17, 15) is 9.59 Å². The zero-order valence-corrected chi connectivity index (χ0v) is 17.1. The van der Waals surface area contributed by atoms with E-state index < -0.39 is 0 Å². The van der Waals surface area contributed by atoms with Crippen LogP contribution in [0, 0.1) is 5.92 Å². The molecule has 0 saturated carbocycles. The lowest BCUT2D eigenvalue weighted by Crippen LogP contribution is -2.34. The number of anilines is 2. The SMILES string of the molecule is CCCOc1ccccc1C(=O)NC(=S)Nc1cccc(NC(=O)C(C)C)c1. The van der Waals surface area contributed by atoms with Gasteiger partial charge in [0, 0.05) is 17.3 Å². The zero-order chi connectivity index (χ0) is 20.5. The van der Waals surface area contributed by atoms with Gasteiger partial charge in [0.25, 0.3) is 5.91 Å². The summed E-state index contributed by atoms with van der Waals surface area (Å²) >= 11 is 5.24. The Morgan fingerprint density at radius 1 is 1.04 bits per heavy atom. The van der Waals surface area contributed by atoms with Crippen LogP contribution >= 0.6 is 12.2 Å². The molecule has 7 heteroatoms. The Morgan fingerprint density at radius 3 is 2.39 bits per heavy atom. The Morgan fingerprint density at radius 2 is 1.71 bits per heavy atom. The molecule has 2 rings (SSSR count). The van der Waals surface area contributed by atoms with Crippen molar-refractivity contribution in [3.8, 4) is 5.75 Å². The summed E-state index contributed by atoms with van der Waals surface area (Å²) in [5.74, 6) is -0.0276. The summed E-state index contributed by atoms with van der Waals surface area (Å²) in [5, 5.41) is 8.59. The third-order valence-electron chi connectivity index (χ3n) is 3.73. The molecule has 0 saturated heterocycles. The number of carbonyl (C=O) groups is 2. The van der Waals surface area contributed by atoms with Crippen LogP contribution in [0.1, 0.15) is 37.6 Å². The number of amides is 2. The molecule has 0 heterocycles. The van der Waals surface area contributed by atoms with Crippen LogP contribution in [-0.2, 0) is 4.79 Å². The summed E-state index contributed by atoms with van der Waals surface area (Å²) in [6, 6.07) is 14.1. The van der Waals surface area contributed by atoms with E-state index in [2.05, 4.69) is 16.0 Å². The van der Waals surface area contributed by atoms with Crippen molar-refractivity contribution >= 4 is 40.5 Å². The van der Waals surface area contributed by atoms with E-state index in [4.69, 9.17) is 17.0 Å². The standard InChI is InChI=1S/C21H25N3O3S/c1-4-12-27-18-11-6-5-10-17(18)20(26)24-21(28)23-16-9-7-8-15(13-16)22-19(25)14(2)3/h5-11,13-14H,4,12H2,1-3H3,(H,22,25)(H2,23,24,26,28). The average molecular weight is 400 g/mol. The number of thiocarbonyl (C=S) groups is 1. The molecule has 28 heavy (non-hydrogen) atoms. The highest BCUT2D eigenvalue weighted by Crippen LogP contribution is 2.19. The predicted octanol–water partition coefficient (Wildman–Crippen LogP) is 4.20. The summed E-state index contributed by atoms with van der Waals surface area (Å²) in [5.41, 5.74) is 1.72. The fourth-order valence-electron chi connectivity index (χ4n) is 2.29. The molecule has 2 aromatic rings. The summed E-state index contributed by atoms with van der Waals surface area (Å²) < 4.78 is 5.61. The second-order valence-electron chi connectivity index (χ2n) is 6.48. The van der Waals surface area contributed by atoms with Gasteiger partial charge in [-0.15, -0.1) is 0 Å². The molecule has 0 atom stereocenters. The highest BCUT2D eigenvalue weighted by molar-refractivity contribution is 7.80. The Kier molecular flexibility index (Phi) is 7.95. The monoisotopic (exact) mass is 399 g/mol. The van der Waals surface area contributed by atoms with Crippen molar-refractivity contribution in [3.05, 3.63) is 54.1 Å². The molecule has 0 aliphatic heterocycles. The van der Waals surface area contributed by atoms with E-state index in [1.807, 2.05) is 26.8 Å². The van der Waals surface area contributed by atoms with Gasteiger partial charge < -0.3 is 15.4 Å². The fraction of sp³-hybridized carbons (Fsp3) is 0.286. The molecule has 0 spiro atoms. The van der Waals surface area contributed by atoms with Crippen molar-refractivity contribution < 1.29 is 14.3 Å². The number of ether oxygens (including phenoxy) is 1. The summed E-state index contributed by atoms with van der Waals surface area (Å²) in [7, 11) is 0. The van der Waals surface area contributed by atoms with Crippen molar-refractivity contribution in [2.45, 2.75) is 27.2 Å². The van der Waals surface area contributed by atoms with Crippen LogP contribution in [0.25, 0.3) is 0 Å². The average Bonchev–Trinajstić information content (AvgIpc) is 2.66. The number of hydrogen-bond donors (Lipinski definition) is 3. The van der Waals surface area contributed by atoms with Crippen LogP contribution in [0.5, 0.6) is 5.75 Å². The maximum absolute atomic E-state index is 12.5. The third-order valence-corrected chi connectivity index (χ3v) is 3.94. The van der Waals surface area contributed by atoms with Gasteiger partial charge in [0.1, 0.15) is 5.75 Å². The highest BCUT2D eigenvalue weighted by atomic mass is 32.1. The Bertz CT molecular complexity index is 852. The normalized spacial score (nSPS) is 10.3. The second-order valence-corrected chi connectivity index (χ2v) is 6.89. The number of rotatable bonds is 7. The van der Waals surface area contributed by atoms with E-state index in [0.717, 1.165) is 6.42 Å². The van der Waals surface area contributed by atoms with E-state index in [1.54, 1.807) is 42.5 Å². The zero-order valence-electron chi connectivity index (χ0n) is 16.2. The molecule has 0 bridgehead atoms. The lowest BCUT2D eigenvalue weighted by molar-refractivity contribution is -0.118. The van der Waals surface area contributed by atoms with Gasteiger partial charge in [0.2, 0.25) is 5.91 Å². The minimum absolute atomic E-state index is 0.0725. The smallest absolute Gasteiger partial charge is 0.261 e. The second kappa shape index (κ2) is 10.4. The minimum Gasteiger partial charge on any atom is -0.493 e. The van der Waals surface area contributed by atoms with Crippen molar-refractivity contribution in [2.75, 3.05) is 17.2 Å². The Balaban J connectivity index is 2.01. The quantitative estimate of drug-likeness (QED) is 0.608. The minimum atomic E-state index is -0.353. The number of nitrogens with one attached hydrogen (secondary N) is 3. The van der Waals surface area contributed by atoms with Crippen LogP contribution in [0.15, 0.2) is 48.5 Å². The maximum Gasteiger partial charge on any atom is 0.261 e. The van der Waals surface area contributed by atoms with Gasteiger partial charge in [-0.3, -0.25) is 14.9 Å². The van der Waals surface area contributed by atoms with Crippen molar-refractivity contribution in [1.29, 1.82) is 0 Å². The van der Waals surface area contributed by atoms with Gasteiger partial charge >= 0.3 is 0 Å². The van der Waals surface area contributed by atoms with Crippen LogP contribution in [0.3, 0.4) is 0 Å². The molecule has 3 N–H and O–H groups in total. The first kappa shape index (κ1) is 21.4.